The zero-order chi connectivity index (χ0) is 15.1. The van der Waals surface area contributed by atoms with Crippen molar-refractivity contribution in [3.8, 4) is 0 Å². The van der Waals surface area contributed by atoms with Gasteiger partial charge in [0.2, 0.25) is 0 Å². The fourth-order valence-electron chi connectivity index (χ4n) is 1.80. The summed E-state index contributed by atoms with van der Waals surface area (Å²) in [6.07, 6.45) is 0. The molecule has 2 aromatic rings. The number of carbonyl (C=O) groups is 1. The molecule has 0 aliphatic heterocycles. The van der Waals surface area contributed by atoms with Crippen LogP contribution in [0.3, 0.4) is 0 Å². The summed E-state index contributed by atoms with van der Waals surface area (Å²) in [5, 5.41) is 5.90. The van der Waals surface area contributed by atoms with E-state index in [0.29, 0.717) is 18.8 Å². The van der Waals surface area contributed by atoms with Crippen LogP contribution in [0.25, 0.3) is 0 Å². The Morgan fingerprint density at radius 1 is 1.14 bits per heavy atom. The van der Waals surface area contributed by atoms with Crippen LogP contribution < -0.4 is 10.6 Å². The molecular weight excluding hydrogens is 271 g/mol. The van der Waals surface area contributed by atoms with Gasteiger partial charge in [-0.25, -0.2) is 4.39 Å². The summed E-state index contributed by atoms with van der Waals surface area (Å²) in [4.78, 5) is 12.0. The van der Waals surface area contributed by atoms with Crippen LogP contribution in [-0.4, -0.2) is 26.2 Å². The van der Waals surface area contributed by atoms with Crippen LogP contribution >= 0.6 is 0 Å². The van der Waals surface area contributed by atoms with E-state index in [1.165, 1.54) is 18.2 Å². The molecule has 110 valence electrons. The number of hydrogen-bond acceptors (Lipinski definition) is 3. The fraction of sp³-hybridized carbons (Fsp3) is 0.188. The third kappa shape index (κ3) is 4.57. The van der Waals surface area contributed by atoms with Crippen LogP contribution in [0, 0.1) is 5.82 Å². The molecule has 2 aromatic carbocycles. The lowest BCUT2D eigenvalue weighted by molar-refractivity contribution is 0.102. The second-order valence-electron chi connectivity index (χ2n) is 4.46. The van der Waals surface area contributed by atoms with Crippen LogP contribution in [0.1, 0.15) is 10.4 Å². The average molecular weight is 288 g/mol. The van der Waals surface area contributed by atoms with Gasteiger partial charge in [-0.15, -0.1) is 0 Å². The number of hydrogen-bond donors (Lipinski definition) is 2. The Balaban J connectivity index is 1.95. The predicted molar refractivity (Wildman–Crippen MR) is 81.2 cm³/mol. The minimum absolute atomic E-state index is 0.289. The van der Waals surface area contributed by atoms with E-state index in [-0.39, 0.29) is 11.5 Å². The molecule has 2 rings (SSSR count). The van der Waals surface area contributed by atoms with E-state index in [9.17, 15) is 9.18 Å². The fourth-order valence-corrected chi connectivity index (χ4v) is 1.80. The topological polar surface area (TPSA) is 50.4 Å². The Bertz CT molecular complexity index is 599. The van der Waals surface area contributed by atoms with Crippen molar-refractivity contribution in [3.63, 3.8) is 0 Å². The van der Waals surface area contributed by atoms with E-state index < -0.39 is 5.82 Å². The highest BCUT2D eigenvalue weighted by Gasteiger charge is 2.06. The van der Waals surface area contributed by atoms with Crippen LogP contribution in [0.2, 0.25) is 0 Å². The molecule has 0 aliphatic carbocycles. The maximum Gasteiger partial charge on any atom is 0.255 e. The van der Waals surface area contributed by atoms with Crippen molar-refractivity contribution >= 4 is 17.3 Å². The van der Waals surface area contributed by atoms with Crippen LogP contribution in [-0.2, 0) is 4.74 Å². The van der Waals surface area contributed by atoms with Crippen molar-refractivity contribution in [3.05, 3.63) is 59.9 Å². The van der Waals surface area contributed by atoms with Gasteiger partial charge in [0.15, 0.2) is 0 Å². The standard InChI is InChI=1S/C16H17FN2O2/c1-21-10-9-18-14-5-7-15(8-6-14)19-16(20)12-3-2-4-13(17)11-12/h2-8,11,18H,9-10H2,1H3,(H,19,20). The molecule has 4 nitrogen and oxygen atoms in total. The summed E-state index contributed by atoms with van der Waals surface area (Å²) in [5.74, 6) is -0.769. The minimum Gasteiger partial charge on any atom is -0.383 e. The molecule has 0 aromatic heterocycles. The van der Waals surface area contributed by atoms with E-state index >= 15 is 0 Å². The normalized spacial score (nSPS) is 10.2. The van der Waals surface area contributed by atoms with Gasteiger partial charge in [0, 0.05) is 30.6 Å². The average Bonchev–Trinajstić information content (AvgIpc) is 2.49. The van der Waals surface area contributed by atoms with Crippen molar-refractivity contribution < 1.29 is 13.9 Å². The number of rotatable bonds is 6. The molecule has 0 radical (unpaired) electrons. The molecule has 5 heteroatoms. The molecule has 0 saturated heterocycles. The largest absolute Gasteiger partial charge is 0.383 e. The molecule has 0 saturated carbocycles. The van der Waals surface area contributed by atoms with E-state index in [0.717, 1.165) is 5.69 Å². The van der Waals surface area contributed by atoms with Gasteiger partial charge in [0.25, 0.3) is 5.91 Å². The highest BCUT2D eigenvalue weighted by Crippen LogP contribution is 2.14. The van der Waals surface area contributed by atoms with Gasteiger partial charge in [0.1, 0.15) is 5.82 Å². The summed E-state index contributed by atoms with van der Waals surface area (Å²) in [6.45, 7) is 1.34. The third-order valence-electron chi connectivity index (χ3n) is 2.86. The Labute approximate surface area is 122 Å². The van der Waals surface area contributed by atoms with Crippen molar-refractivity contribution in [2.24, 2.45) is 0 Å². The molecule has 0 spiro atoms. The Hall–Kier alpha value is -2.40. The predicted octanol–water partition coefficient (Wildman–Crippen LogP) is 3.14. The molecule has 21 heavy (non-hydrogen) atoms. The van der Waals surface area contributed by atoms with Crippen LogP contribution in [0.15, 0.2) is 48.5 Å². The highest BCUT2D eigenvalue weighted by atomic mass is 19.1. The lowest BCUT2D eigenvalue weighted by Crippen LogP contribution is -2.12. The maximum absolute atomic E-state index is 13.1. The Morgan fingerprint density at radius 3 is 2.52 bits per heavy atom. The molecule has 0 unspecified atom stereocenters. The number of carbonyl (C=O) groups excluding carboxylic acids is 1. The second kappa shape index (κ2) is 7.40. The number of halogens is 1. The molecule has 2 N–H and O–H groups in total. The summed E-state index contributed by atoms with van der Waals surface area (Å²) in [5.41, 5.74) is 1.88. The van der Waals surface area contributed by atoms with E-state index in [4.69, 9.17) is 4.74 Å². The second-order valence-corrected chi connectivity index (χ2v) is 4.46. The van der Waals surface area contributed by atoms with Gasteiger partial charge in [-0.1, -0.05) is 6.07 Å². The first-order valence-electron chi connectivity index (χ1n) is 6.59. The first kappa shape index (κ1) is 15.0. The van der Waals surface area contributed by atoms with E-state index in [2.05, 4.69) is 10.6 Å². The number of nitrogens with one attached hydrogen (secondary N) is 2. The number of ether oxygens (including phenoxy) is 1. The lowest BCUT2D eigenvalue weighted by Gasteiger charge is -2.08. The van der Waals surface area contributed by atoms with Crippen LogP contribution in [0.4, 0.5) is 15.8 Å². The number of anilines is 2. The SMILES string of the molecule is COCCNc1ccc(NC(=O)c2cccc(F)c2)cc1. The molecule has 0 fully saturated rings. The first-order chi connectivity index (χ1) is 10.2. The van der Waals surface area contributed by atoms with Crippen molar-refractivity contribution in [2.45, 2.75) is 0 Å². The van der Waals surface area contributed by atoms with Crippen molar-refractivity contribution in [2.75, 3.05) is 30.9 Å². The maximum atomic E-state index is 13.1. The highest BCUT2D eigenvalue weighted by molar-refractivity contribution is 6.04. The summed E-state index contributed by atoms with van der Waals surface area (Å²) in [6, 6.07) is 12.9. The number of methoxy groups -OCH3 is 1. The van der Waals surface area contributed by atoms with Crippen molar-refractivity contribution in [1.29, 1.82) is 0 Å². The minimum atomic E-state index is -0.430. The summed E-state index contributed by atoms with van der Waals surface area (Å²) in [7, 11) is 1.65. The first-order valence-corrected chi connectivity index (χ1v) is 6.59. The summed E-state index contributed by atoms with van der Waals surface area (Å²) < 4.78 is 18.0. The molecule has 0 atom stereocenters. The van der Waals surface area contributed by atoms with Gasteiger partial charge in [-0.2, -0.15) is 0 Å². The molecule has 0 bridgehead atoms. The molecule has 0 heterocycles. The third-order valence-corrected chi connectivity index (χ3v) is 2.86. The Morgan fingerprint density at radius 2 is 1.86 bits per heavy atom. The molecular formula is C16H17FN2O2. The zero-order valence-corrected chi connectivity index (χ0v) is 11.7. The van der Waals surface area contributed by atoms with Gasteiger partial charge in [0.05, 0.1) is 6.61 Å². The summed E-state index contributed by atoms with van der Waals surface area (Å²) >= 11 is 0. The zero-order valence-electron chi connectivity index (χ0n) is 11.7. The molecule has 0 aliphatic rings. The van der Waals surface area contributed by atoms with Gasteiger partial charge >= 0.3 is 0 Å². The monoisotopic (exact) mass is 288 g/mol. The van der Waals surface area contributed by atoms with Crippen LogP contribution in [0.5, 0.6) is 0 Å². The quantitative estimate of drug-likeness (QED) is 0.803. The smallest absolute Gasteiger partial charge is 0.255 e. The number of amides is 1. The molecule has 1 amide bonds. The van der Waals surface area contributed by atoms with Crippen molar-refractivity contribution in [1.82, 2.24) is 0 Å². The van der Waals surface area contributed by atoms with E-state index in [1.807, 2.05) is 12.1 Å². The van der Waals surface area contributed by atoms with E-state index in [1.54, 1.807) is 25.3 Å². The van der Waals surface area contributed by atoms with Gasteiger partial charge in [-0.3, -0.25) is 4.79 Å². The lowest BCUT2D eigenvalue weighted by atomic mass is 10.2. The Kier molecular flexibility index (Phi) is 5.29. The number of benzene rings is 2. The van der Waals surface area contributed by atoms with Gasteiger partial charge in [-0.05, 0) is 42.5 Å². The van der Waals surface area contributed by atoms with Gasteiger partial charge < -0.3 is 15.4 Å².